The highest BCUT2D eigenvalue weighted by molar-refractivity contribution is 5.96. The Hall–Kier alpha value is -1.71. The third kappa shape index (κ3) is 3.44. The highest BCUT2D eigenvalue weighted by Crippen LogP contribution is 2.34. The molecular formula is C16H25N3O. The van der Waals surface area contributed by atoms with Gasteiger partial charge < -0.3 is 16.0 Å². The summed E-state index contributed by atoms with van der Waals surface area (Å²) in [6.45, 7) is 7.92. The third-order valence-corrected chi connectivity index (χ3v) is 3.71. The number of carbonyl (C=O) groups excluding carboxylic acids is 1. The average Bonchev–Trinajstić information content (AvgIpc) is 3.21. The molecule has 1 aliphatic rings. The molecule has 0 unspecified atom stereocenters. The van der Waals surface area contributed by atoms with Crippen molar-refractivity contribution in [2.24, 2.45) is 5.92 Å². The zero-order valence-electron chi connectivity index (χ0n) is 12.6. The van der Waals surface area contributed by atoms with Gasteiger partial charge in [0.05, 0.1) is 11.4 Å². The van der Waals surface area contributed by atoms with E-state index in [9.17, 15) is 4.79 Å². The van der Waals surface area contributed by atoms with Crippen molar-refractivity contribution < 1.29 is 4.79 Å². The van der Waals surface area contributed by atoms with Crippen LogP contribution in [0.5, 0.6) is 0 Å². The summed E-state index contributed by atoms with van der Waals surface area (Å²) in [6, 6.07) is 5.92. The number of anilines is 2. The molecule has 0 atom stereocenters. The largest absolute Gasteiger partial charge is 0.397 e. The van der Waals surface area contributed by atoms with E-state index in [2.05, 4.69) is 24.1 Å². The van der Waals surface area contributed by atoms with Gasteiger partial charge in [0.2, 0.25) is 0 Å². The number of nitrogen functional groups attached to an aromatic ring is 1. The number of nitrogens with zero attached hydrogens (tertiary/aromatic N) is 1. The first-order chi connectivity index (χ1) is 9.52. The Bertz CT molecular complexity index is 481. The van der Waals surface area contributed by atoms with Crippen molar-refractivity contribution in [3.05, 3.63) is 23.8 Å². The van der Waals surface area contributed by atoms with Gasteiger partial charge in [-0.1, -0.05) is 0 Å². The lowest BCUT2D eigenvalue weighted by Gasteiger charge is -2.30. The normalized spacial score (nSPS) is 14.4. The molecule has 1 fully saturated rings. The minimum Gasteiger partial charge on any atom is -0.397 e. The van der Waals surface area contributed by atoms with Gasteiger partial charge in [0.1, 0.15) is 0 Å². The minimum atomic E-state index is -0.0381. The van der Waals surface area contributed by atoms with Crippen molar-refractivity contribution >= 4 is 17.3 Å². The molecule has 110 valence electrons. The average molecular weight is 275 g/mol. The van der Waals surface area contributed by atoms with Crippen LogP contribution in [0.15, 0.2) is 18.2 Å². The standard InChI is InChI=1S/C16H25N3O/c1-4-18-16(20)13-7-8-14(17)15(9-13)19(11(2)3)10-12-5-6-12/h7-9,11-12H,4-6,10,17H2,1-3H3,(H,18,20). The van der Waals surface area contributed by atoms with Crippen LogP contribution in [-0.4, -0.2) is 25.0 Å². The van der Waals surface area contributed by atoms with Crippen LogP contribution in [-0.2, 0) is 0 Å². The number of carbonyl (C=O) groups is 1. The fourth-order valence-corrected chi connectivity index (χ4v) is 2.36. The van der Waals surface area contributed by atoms with Gasteiger partial charge >= 0.3 is 0 Å². The maximum Gasteiger partial charge on any atom is 0.251 e. The Morgan fingerprint density at radius 3 is 2.70 bits per heavy atom. The van der Waals surface area contributed by atoms with Gasteiger partial charge in [-0.2, -0.15) is 0 Å². The van der Waals surface area contributed by atoms with Crippen LogP contribution in [0.25, 0.3) is 0 Å². The van der Waals surface area contributed by atoms with E-state index in [1.165, 1.54) is 12.8 Å². The van der Waals surface area contributed by atoms with Crippen LogP contribution in [0.3, 0.4) is 0 Å². The second-order valence-corrected chi connectivity index (χ2v) is 5.82. The summed E-state index contributed by atoms with van der Waals surface area (Å²) in [4.78, 5) is 14.3. The summed E-state index contributed by atoms with van der Waals surface area (Å²) in [7, 11) is 0. The molecule has 4 nitrogen and oxygen atoms in total. The van der Waals surface area contributed by atoms with Crippen LogP contribution < -0.4 is 16.0 Å². The van der Waals surface area contributed by atoms with Gasteiger partial charge in [0.15, 0.2) is 0 Å². The first-order valence-corrected chi connectivity index (χ1v) is 7.47. The fourth-order valence-electron chi connectivity index (χ4n) is 2.36. The number of amides is 1. The van der Waals surface area contributed by atoms with E-state index in [4.69, 9.17) is 5.73 Å². The Balaban J connectivity index is 2.27. The first kappa shape index (κ1) is 14.7. The molecule has 1 aromatic carbocycles. The second-order valence-electron chi connectivity index (χ2n) is 5.82. The van der Waals surface area contributed by atoms with Crippen LogP contribution in [0.2, 0.25) is 0 Å². The number of hydrogen-bond acceptors (Lipinski definition) is 3. The molecule has 0 radical (unpaired) electrons. The fraction of sp³-hybridized carbons (Fsp3) is 0.562. The predicted molar refractivity (Wildman–Crippen MR) is 84.1 cm³/mol. The molecule has 1 aromatic rings. The van der Waals surface area contributed by atoms with E-state index in [0.717, 1.165) is 23.8 Å². The lowest BCUT2D eigenvalue weighted by molar-refractivity contribution is 0.0956. The van der Waals surface area contributed by atoms with Crippen molar-refractivity contribution in [3.8, 4) is 0 Å². The number of nitrogens with one attached hydrogen (secondary N) is 1. The highest BCUT2D eigenvalue weighted by Gasteiger charge is 2.26. The predicted octanol–water partition coefficient (Wildman–Crippen LogP) is 2.64. The Labute approximate surface area is 121 Å². The quantitative estimate of drug-likeness (QED) is 0.785. The molecule has 2 rings (SSSR count). The van der Waals surface area contributed by atoms with E-state index in [-0.39, 0.29) is 5.91 Å². The zero-order chi connectivity index (χ0) is 14.7. The molecule has 1 aliphatic carbocycles. The van der Waals surface area contributed by atoms with Gasteiger partial charge in [0.25, 0.3) is 5.91 Å². The van der Waals surface area contributed by atoms with Crippen molar-refractivity contribution in [2.45, 2.75) is 39.7 Å². The second kappa shape index (κ2) is 6.16. The summed E-state index contributed by atoms with van der Waals surface area (Å²) < 4.78 is 0. The lowest BCUT2D eigenvalue weighted by atomic mass is 10.1. The number of nitrogens with two attached hydrogens (primary N) is 1. The van der Waals surface area contributed by atoms with Crippen molar-refractivity contribution in [1.82, 2.24) is 5.32 Å². The minimum absolute atomic E-state index is 0.0381. The van der Waals surface area contributed by atoms with Crippen LogP contribution in [0.4, 0.5) is 11.4 Å². The monoisotopic (exact) mass is 275 g/mol. The van der Waals surface area contributed by atoms with Crippen molar-refractivity contribution in [2.75, 3.05) is 23.7 Å². The number of hydrogen-bond donors (Lipinski definition) is 2. The first-order valence-electron chi connectivity index (χ1n) is 7.47. The van der Waals surface area contributed by atoms with Crippen molar-refractivity contribution in [3.63, 3.8) is 0 Å². The SMILES string of the molecule is CCNC(=O)c1ccc(N)c(N(CC2CC2)C(C)C)c1. The molecule has 1 saturated carbocycles. The smallest absolute Gasteiger partial charge is 0.251 e. The molecule has 0 spiro atoms. The molecule has 20 heavy (non-hydrogen) atoms. The number of rotatable bonds is 6. The molecule has 4 heteroatoms. The van der Waals surface area contributed by atoms with Gasteiger partial charge in [-0.05, 0) is 57.7 Å². The van der Waals surface area contributed by atoms with Crippen LogP contribution >= 0.6 is 0 Å². The van der Waals surface area contributed by atoms with Crippen LogP contribution in [0, 0.1) is 5.92 Å². The number of benzene rings is 1. The molecule has 0 aromatic heterocycles. The summed E-state index contributed by atoms with van der Waals surface area (Å²) in [5.74, 6) is 0.744. The molecule has 0 saturated heterocycles. The Morgan fingerprint density at radius 2 is 2.15 bits per heavy atom. The highest BCUT2D eigenvalue weighted by atomic mass is 16.1. The van der Waals surface area contributed by atoms with Gasteiger partial charge in [0, 0.05) is 24.7 Å². The summed E-state index contributed by atoms with van der Waals surface area (Å²) in [5.41, 5.74) is 8.53. The Kier molecular flexibility index (Phi) is 4.53. The molecule has 3 N–H and O–H groups in total. The summed E-state index contributed by atoms with van der Waals surface area (Å²) >= 11 is 0. The molecule has 0 aliphatic heterocycles. The Morgan fingerprint density at radius 1 is 1.45 bits per heavy atom. The maximum atomic E-state index is 12.0. The summed E-state index contributed by atoms with van der Waals surface area (Å²) in [6.07, 6.45) is 2.61. The van der Waals surface area contributed by atoms with E-state index in [1.807, 2.05) is 19.1 Å². The maximum absolute atomic E-state index is 12.0. The van der Waals surface area contributed by atoms with Crippen molar-refractivity contribution in [1.29, 1.82) is 0 Å². The molecule has 0 bridgehead atoms. The van der Waals surface area contributed by atoms with E-state index >= 15 is 0 Å². The van der Waals surface area contributed by atoms with E-state index in [0.29, 0.717) is 18.2 Å². The van der Waals surface area contributed by atoms with E-state index < -0.39 is 0 Å². The van der Waals surface area contributed by atoms with Crippen LogP contribution in [0.1, 0.15) is 44.0 Å². The summed E-state index contributed by atoms with van der Waals surface area (Å²) in [5, 5.41) is 2.83. The zero-order valence-corrected chi connectivity index (χ0v) is 12.6. The topological polar surface area (TPSA) is 58.4 Å². The van der Waals surface area contributed by atoms with Gasteiger partial charge in [-0.25, -0.2) is 0 Å². The lowest BCUT2D eigenvalue weighted by Crippen LogP contribution is -2.33. The molecule has 0 heterocycles. The van der Waals surface area contributed by atoms with E-state index in [1.54, 1.807) is 6.07 Å². The molecular weight excluding hydrogens is 250 g/mol. The third-order valence-electron chi connectivity index (χ3n) is 3.71. The van der Waals surface area contributed by atoms with Gasteiger partial charge in [-0.3, -0.25) is 4.79 Å². The van der Waals surface area contributed by atoms with Gasteiger partial charge in [-0.15, -0.1) is 0 Å². The molecule has 1 amide bonds.